The van der Waals surface area contributed by atoms with Gasteiger partial charge in [0.05, 0.1) is 6.04 Å². The smallest absolute Gasteiger partial charge is 0.151 e. The molecule has 1 fully saturated rings. The van der Waals surface area contributed by atoms with E-state index in [9.17, 15) is 0 Å². The SMILES string of the molecule is CCCCCCCCCCCCC(C)(Cl)N=NC(C)C1CCCCCCCCCCC1. The monoisotopic (exact) mass is 454 g/mol. The van der Waals surface area contributed by atoms with Crippen LogP contribution in [0.2, 0.25) is 0 Å². The first-order chi connectivity index (χ1) is 15.0. The number of halogens is 1. The fraction of sp³-hybridized carbons (Fsp3) is 1.00. The number of hydrogen-bond acceptors (Lipinski definition) is 2. The van der Waals surface area contributed by atoms with Crippen molar-refractivity contribution in [2.45, 2.75) is 173 Å². The first-order valence-electron chi connectivity index (χ1n) is 14.2. The Morgan fingerprint density at radius 1 is 0.710 bits per heavy atom. The molecule has 0 bridgehead atoms. The predicted octanol–water partition coefficient (Wildman–Crippen LogP) is 11.0. The fourth-order valence-electron chi connectivity index (χ4n) is 4.97. The molecule has 2 atom stereocenters. The van der Waals surface area contributed by atoms with Crippen LogP contribution < -0.4 is 0 Å². The van der Waals surface area contributed by atoms with Crippen LogP contribution in [0.25, 0.3) is 0 Å². The molecule has 1 rings (SSSR count). The van der Waals surface area contributed by atoms with Gasteiger partial charge >= 0.3 is 0 Å². The Labute approximate surface area is 200 Å². The minimum atomic E-state index is -0.514. The van der Waals surface area contributed by atoms with Crippen LogP contribution in [0.5, 0.6) is 0 Å². The third kappa shape index (κ3) is 17.1. The van der Waals surface area contributed by atoms with Crippen molar-refractivity contribution < 1.29 is 0 Å². The summed E-state index contributed by atoms with van der Waals surface area (Å²) in [6, 6.07) is 0.314. The second-order valence-electron chi connectivity index (χ2n) is 10.5. The Morgan fingerprint density at radius 3 is 1.61 bits per heavy atom. The summed E-state index contributed by atoms with van der Waals surface area (Å²) in [5.74, 6) is 0.688. The summed E-state index contributed by atoms with van der Waals surface area (Å²) in [6.07, 6.45) is 29.8. The molecule has 0 spiro atoms. The molecule has 2 unspecified atom stereocenters. The molecular formula is C28H55ClN2. The third-order valence-electron chi connectivity index (χ3n) is 7.27. The van der Waals surface area contributed by atoms with Crippen molar-refractivity contribution >= 4 is 11.6 Å². The molecule has 0 aromatic carbocycles. The van der Waals surface area contributed by atoms with E-state index in [-0.39, 0.29) is 0 Å². The Balaban J connectivity index is 2.23. The number of azo groups is 1. The van der Waals surface area contributed by atoms with Crippen LogP contribution in [0.15, 0.2) is 10.2 Å². The van der Waals surface area contributed by atoms with Gasteiger partial charge in [0, 0.05) is 0 Å². The van der Waals surface area contributed by atoms with E-state index in [1.807, 2.05) is 0 Å². The lowest BCUT2D eigenvalue weighted by molar-refractivity contribution is 0.338. The largest absolute Gasteiger partial charge is 0.189 e. The van der Waals surface area contributed by atoms with Crippen LogP contribution in [0.3, 0.4) is 0 Å². The quantitative estimate of drug-likeness (QED) is 0.108. The van der Waals surface area contributed by atoms with Gasteiger partial charge < -0.3 is 0 Å². The first-order valence-corrected chi connectivity index (χ1v) is 14.5. The molecule has 1 aliphatic carbocycles. The highest BCUT2D eigenvalue weighted by Crippen LogP contribution is 2.29. The molecule has 0 saturated heterocycles. The highest BCUT2D eigenvalue weighted by Gasteiger charge is 2.22. The van der Waals surface area contributed by atoms with Crippen molar-refractivity contribution in [2.75, 3.05) is 0 Å². The lowest BCUT2D eigenvalue weighted by atomic mass is 9.88. The molecule has 184 valence electrons. The lowest BCUT2D eigenvalue weighted by Gasteiger charge is -2.22. The summed E-state index contributed by atoms with van der Waals surface area (Å²) in [5.41, 5.74) is 0. The Bertz CT molecular complexity index is 409. The van der Waals surface area contributed by atoms with Gasteiger partial charge in [-0.2, -0.15) is 10.2 Å². The molecule has 0 aliphatic heterocycles. The van der Waals surface area contributed by atoms with Crippen LogP contribution in [-0.4, -0.2) is 11.0 Å². The zero-order valence-electron chi connectivity index (χ0n) is 21.5. The first kappa shape index (κ1) is 28.9. The van der Waals surface area contributed by atoms with Gasteiger partial charge in [0.2, 0.25) is 0 Å². The Morgan fingerprint density at radius 2 is 1.13 bits per heavy atom. The molecule has 31 heavy (non-hydrogen) atoms. The molecule has 0 aromatic rings. The van der Waals surface area contributed by atoms with E-state index in [1.54, 1.807) is 0 Å². The van der Waals surface area contributed by atoms with Crippen molar-refractivity contribution in [1.29, 1.82) is 0 Å². The number of rotatable bonds is 14. The predicted molar refractivity (Wildman–Crippen MR) is 139 cm³/mol. The Hall–Kier alpha value is -0.110. The summed E-state index contributed by atoms with van der Waals surface area (Å²) in [4.78, 5) is -0.514. The van der Waals surface area contributed by atoms with Gasteiger partial charge in [-0.15, -0.1) is 0 Å². The van der Waals surface area contributed by atoms with Gasteiger partial charge in [-0.1, -0.05) is 134 Å². The molecule has 2 nitrogen and oxygen atoms in total. The van der Waals surface area contributed by atoms with Crippen LogP contribution in [0.1, 0.15) is 162 Å². The molecule has 0 N–H and O–H groups in total. The van der Waals surface area contributed by atoms with E-state index in [0.717, 1.165) is 6.42 Å². The van der Waals surface area contributed by atoms with Gasteiger partial charge in [0.1, 0.15) is 0 Å². The lowest BCUT2D eigenvalue weighted by Crippen LogP contribution is -2.18. The summed E-state index contributed by atoms with van der Waals surface area (Å²) in [5, 5.41) is 9.37. The van der Waals surface area contributed by atoms with E-state index in [2.05, 4.69) is 25.9 Å². The fourth-order valence-corrected chi connectivity index (χ4v) is 5.15. The van der Waals surface area contributed by atoms with Gasteiger partial charge in [-0.3, -0.25) is 0 Å². The maximum Gasteiger partial charge on any atom is 0.151 e. The summed E-state index contributed by atoms with van der Waals surface area (Å²) >= 11 is 6.72. The van der Waals surface area contributed by atoms with E-state index in [0.29, 0.717) is 12.0 Å². The van der Waals surface area contributed by atoms with Crippen molar-refractivity contribution in [2.24, 2.45) is 16.1 Å². The third-order valence-corrected chi connectivity index (χ3v) is 7.53. The van der Waals surface area contributed by atoms with Crippen LogP contribution in [0.4, 0.5) is 0 Å². The van der Waals surface area contributed by atoms with E-state index in [1.165, 1.54) is 135 Å². The minimum absolute atomic E-state index is 0.314. The zero-order chi connectivity index (χ0) is 22.6. The molecule has 0 heterocycles. The van der Waals surface area contributed by atoms with E-state index >= 15 is 0 Å². The highest BCUT2D eigenvalue weighted by atomic mass is 35.5. The van der Waals surface area contributed by atoms with Crippen molar-refractivity contribution in [3.63, 3.8) is 0 Å². The zero-order valence-corrected chi connectivity index (χ0v) is 22.2. The highest BCUT2D eigenvalue weighted by molar-refractivity contribution is 6.23. The van der Waals surface area contributed by atoms with Gasteiger partial charge in [-0.05, 0) is 45.4 Å². The van der Waals surface area contributed by atoms with E-state index in [4.69, 9.17) is 16.7 Å². The van der Waals surface area contributed by atoms with Crippen LogP contribution in [-0.2, 0) is 0 Å². The maximum absolute atomic E-state index is 6.72. The number of nitrogens with zero attached hydrogens (tertiary/aromatic N) is 2. The molecular weight excluding hydrogens is 400 g/mol. The standard InChI is InChI=1S/C28H55ClN2/c1-4-5-6-7-8-9-13-16-19-22-25-28(3,29)31-30-26(2)27-23-20-17-14-11-10-12-15-18-21-24-27/h26-27H,4-25H2,1-3H3. The van der Waals surface area contributed by atoms with Crippen LogP contribution >= 0.6 is 11.6 Å². The maximum atomic E-state index is 6.72. The number of hydrogen-bond donors (Lipinski definition) is 0. The average Bonchev–Trinajstić information content (AvgIpc) is 2.74. The summed E-state index contributed by atoms with van der Waals surface area (Å²) in [7, 11) is 0. The van der Waals surface area contributed by atoms with Crippen molar-refractivity contribution in [3.8, 4) is 0 Å². The molecule has 1 saturated carbocycles. The normalized spacial score (nSPS) is 20.8. The van der Waals surface area contributed by atoms with Crippen molar-refractivity contribution in [3.05, 3.63) is 0 Å². The second-order valence-corrected chi connectivity index (χ2v) is 11.4. The molecule has 3 heteroatoms. The van der Waals surface area contributed by atoms with Crippen molar-refractivity contribution in [1.82, 2.24) is 0 Å². The topological polar surface area (TPSA) is 24.7 Å². The molecule has 1 aliphatic rings. The molecule has 0 radical (unpaired) electrons. The van der Waals surface area contributed by atoms with Gasteiger partial charge in [0.25, 0.3) is 0 Å². The second kappa shape index (κ2) is 19.4. The number of alkyl halides is 1. The van der Waals surface area contributed by atoms with Crippen LogP contribution in [0, 0.1) is 5.92 Å². The summed E-state index contributed by atoms with van der Waals surface area (Å²) < 4.78 is 0. The van der Waals surface area contributed by atoms with Gasteiger partial charge in [-0.25, -0.2) is 0 Å². The molecule has 0 amide bonds. The molecule has 0 aromatic heterocycles. The van der Waals surface area contributed by atoms with Gasteiger partial charge in [0.15, 0.2) is 5.00 Å². The Kier molecular flexibility index (Phi) is 18.1. The summed E-state index contributed by atoms with van der Waals surface area (Å²) in [6.45, 7) is 6.61. The average molecular weight is 455 g/mol. The minimum Gasteiger partial charge on any atom is -0.189 e. The number of unbranched alkanes of at least 4 members (excludes halogenated alkanes) is 9. The van der Waals surface area contributed by atoms with E-state index < -0.39 is 5.00 Å².